The fourth-order valence-electron chi connectivity index (χ4n) is 1.84. The third-order valence-corrected chi connectivity index (χ3v) is 4.55. The highest BCUT2D eigenvalue weighted by Gasteiger charge is 2.25. The van der Waals surface area contributed by atoms with Crippen molar-refractivity contribution < 1.29 is 17.9 Å². The monoisotopic (exact) mass is 378 g/mol. The van der Waals surface area contributed by atoms with Crippen LogP contribution in [0.4, 0.5) is 0 Å². The van der Waals surface area contributed by atoms with Gasteiger partial charge in [-0.2, -0.15) is 4.72 Å². The van der Waals surface area contributed by atoms with E-state index in [1.165, 1.54) is 19.2 Å². The molecule has 0 aliphatic rings. The average Bonchev–Trinajstić information content (AvgIpc) is 2.49. The third kappa shape index (κ3) is 7.16. The SMILES string of the molecule is COC(=O)[C@H](CCCN=C(N)N)NS(=O)(=O)c1ccc(C)cc1.Cl. The molecule has 10 heteroatoms. The van der Waals surface area contributed by atoms with Crippen LogP contribution >= 0.6 is 12.4 Å². The van der Waals surface area contributed by atoms with Crippen molar-refractivity contribution in [1.82, 2.24) is 4.72 Å². The minimum absolute atomic E-state index is 0. The summed E-state index contributed by atoms with van der Waals surface area (Å²) in [6, 6.07) is 5.32. The second kappa shape index (κ2) is 10.1. The van der Waals surface area contributed by atoms with E-state index in [0.29, 0.717) is 13.0 Å². The van der Waals surface area contributed by atoms with E-state index in [1.807, 2.05) is 6.92 Å². The molecule has 0 aliphatic heterocycles. The fraction of sp³-hybridized carbons (Fsp3) is 0.429. The summed E-state index contributed by atoms with van der Waals surface area (Å²) in [5.74, 6) is -0.717. The quantitative estimate of drug-likeness (QED) is 0.257. The molecule has 8 nitrogen and oxygen atoms in total. The smallest absolute Gasteiger partial charge is 0.323 e. The first-order chi connectivity index (χ1) is 10.8. The zero-order valence-corrected chi connectivity index (χ0v) is 15.2. The van der Waals surface area contributed by atoms with Gasteiger partial charge in [-0.25, -0.2) is 8.42 Å². The number of nitrogens with two attached hydrogens (primary N) is 2. The van der Waals surface area contributed by atoms with E-state index in [2.05, 4.69) is 14.5 Å². The number of sulfonamides is 1. The van der Waals surface area contributed by atoms with Gasteiger partial charge in [-0.15, -0.1) is 12.4 Å². The number of hydrogen-bond donors (Lipinski definition) is 3. The first kappa shape index (κ1) is 22.2. The number of guanidine groups is 1. The van der Waals surface area contributed by atoms with Crippen molar-refractivity contribution in [2.24, 2.45) is 16.5 Å². The number of benzene rings is 1. The fourth-order valence-corrected chi connectivity index (χ4v) is 3.06. The Hall–Kier alpha value is -1.84. The second-order valence-corrected chi connectivity index (χ2v) is 6.67. The molecule has 136 valence electrons. The molecule has 0 fully saturated rings. The number of nitrogens with zero attached hydrogens (tertiary/aromatic N) is 1. The molecule has 0 aromatic heterocycles. The zero-order chi connectivity index (χ0) is 17.5. The lowest BCUT2D eigenvalue weighted by Crippen LogP contribution is -2.41. The lowest BCUT2D eigenvalue weighted by molar-refractivity contribution is -0.142. The van der Waals surface area contributed by atoms with Gasteiger partial charge in [0.05, 0.1) is 12.0 Å². The molecule has 0 saturated carbocycles. The van der Waals surface area contributed by atoms with Crippen LogP contribution in [-0.4, -0.2) is 40.0 Å². The molecule has 24 heavy (non-hydrogen) atoms. The summed E-state index contributed by atoms with van der Waals surface area (Å²) in [6.45, 7) is 2.15. The summed E-state index contributed by atoms with van der Waals surface area (Å²) in [4.78, 5) is 15.6. The molecule has 1 aromatic carbocycles. The van der Waals surface area contributed by atoms with Crippen LogP contribution in [0.15, 0.2) is 34.2 Å². The number of carbonyl (C=O) groups excluding carboxylic acids is 1. The highest BCUT2D eigenvalue weighted by atomic mass is 35.5. The predicted molar refractivity (Wildman–Crippen MR) is 94.5 cm³/mol. The van der Waals surface area contributed by atoms with E-state index in [1.54, 1.807) is 12.1 Å². The number of aliphatic imine (C=N–C) groups is 1. The summed E-state index contributed by atoms with van der Waals surface area (Å²) in [7, 11) is -2.62. The van der Waals surface area contributed by atoms with Crippen LogP contribution in [0.2, 0.25) is 0 Å². The molecule has 0 unspecified atom stereocenters. The van der Waals surface area contributed by atoms with Crippen molar-refractivity contribution >= 4 is 34.4 Å². The van der Waals surface area contributed by atoms with E-state index in [0.717, 1.165) is 5.56 Å². The molecule has 1 atom stereocenters. The van der Waals surface area contributed by atoms with Crippen LogP contribution in [0.25, 0.3) is 0 Å². The molecule has 0 spiro atoms. The van der Waals surface area contributed by atoms with E-state index in [-0.39, 0.29) is 29.7 Å². The Balaban J connectivity index is 0.00000529. The first-order valence-electron chi connectivity index (χ1n) is 6.98. The van der Waals surface area contributed by atoms with Crippen molar-refractivity contribution in [1.29, 1.82) is 0 Å². The van der Waals surface area contributed by atoms with Gasteiger partial charge in [-0.05, 0) is 31.9 Å². The van der Waals surface area contributed by atoms with E-state index < -0.39 is 22.0 Å². The number of carbonyl (C=O) groups is 1. The number of hydrogen-bond acceptors (Lipinski definition) is 5. The maximum Gasteiger partial charge on any atom is 0.323 e. The van der Waals surface area contributed by atoms with Crippen LogP contribution in [0.1, 0.15) is 18.4 Å². The lowest BCUT2D eigenvalue weighted by Gasteiger charge is -2.16. The van der Waals surface area contributed by atoms with Crippen LogP contribution in [0.5, 0.6) is 0 Å². The van der Waals surface area contributed by atoms with E-state index in [4.69, 9.17) is 11.5 Å². The second-order valence-electron chi connectivity index (χ2n) is 4.96. The topological polar surface area (TPSA) is 137 Å². The molecule has 1 rings (SSSR count). The summed E-state index contributed by atoms with van der Waals surface area (Å²) in [5, 5.41) is 0. The minimum atomic E-state index is -3.82. The van der Waals surface area contributed by atoms with Crippen LogP contribution in [0.3, 0.4) is 0 Å². The molecule has 0 aliphatic carbocycles. The number of aryl methyl sites for hydroxylation is 1. The number of methoxy groups -OCH3 is 1. The molecular weight excluding hydrogens is 356 g/mol. The summed E-state index contributed by atoms with van der Waals surface area (Å²) >= 11 is 0. The van der Waals surface area contributed by atoms with Gasteiger partial charge >= 0.3 is 5.97 Å². The molecule has 0 heterocycles. The van der Waals surface area contributed by atoms with Gasteiger partial charge in [0.1, 0.15) is 6.04 Å². The van der Waals surface area contributed by atoms with E-state index >= 15 is 0 Å². The maximum atomic E-state index is 12.3. The minimum Gasteiger partial charge on any atom is -0.468 e. The molecule has 0 saturated heterocycles. The molecule has 5 N–H and O–H groups in total. The normalized spacial score (nSPS) is 11.9. The van der Waals surface area contributed by atoms with Gasteiger partial charge in [0.15, 0.2) is 5.96 Å². The van der Waals surface area contributed by atoms with Crippen LogP contribution < -0.4 is 16.2 Å². The summed E-state index contributed by atoms with van der Waals surface area (Å²) in [6.07, 6.45) is 0.641. The Morgan fingerprint density at radius 2 is 1.88 bits per heavy atom. The van der Waals surface area contributed by atoms with Gasteiger partial charge in [0.25, 0.3) is 0 Å². The van der Waals surface area contributed by atoms with Crippen molar-refractivity contribution in [3.63, 3.8) is 0 Å². The molecule has 0 bridgehead atoms. The average molecular weight is 379 g/mol. The number of rotatable bonds is 8. The highest BCUT2D eigenvalue weighted by Crippen LogP contribution is 2.12. The first-order valence-corrected chi connectivity index (χ1v) is 8.47. The van der Waals surface area contributed by atoms with Crippen molar-refractivity contribution in [3.05, 3.63) is 29.8 Å². The number of esters is 1. The Morgan fingerprint density at radius 3 is 2.38 bits per heavy atom. The Morgan fingerprint density at radius 1 is 1.29 bits per heavy atom. The van der Waals surface area contributed by atoms with Crippen molar-refractivity contribution in [2.75, 3.05) is 13.7 Å². The summed E-state index contributed by atoms with van der Waals surface area (Å²) in [5.41, 5.74) is 11.4. The maximum absolute atomic E-state index is 12.3. The standard InChI is InChI=1S/C14H22N4O4S.ClH/c1-10-5-7-11(8-6-10)23(20,21)18-12(13(19)22-2)4-3-9-17-14(15)16;/h5-8,12,18H,3-4,9H2,1-2H3,(H4,15,16,17);1H/t12-;/m0./s1. The van der Waals surface area contributed by atoms with Crippen molar-refractivity contribution in [3.8, 4) is 0 Å². The zero-order valence-electron chi connectivity index (χ0n) is 13.6. The highest BCUT2D eigenvalue weighted by molar-refractivity contribution is 7.89. The van der Waals surface area contributed by atoms with E-state index in [9.17, 15) is 13.2 Å². The Kier molecular flexibility index (Phi) is 9.34. The third-order valence-electron chi connectivity index (χ3n) is 3.06. The Labute approximate surface area is 148 Å². The van der Waals surface area contributed by atoms with Crippen molar-refractivity contribution in [2.45, 2.75) is 30.7 Å². The summed E-state index contributed by atoms with van der Waals surface area (Å²) < 4.78 is 31.7. The largest absolute Gasteiger partial charge is 0.468 e. The lowest BCUT2D eigenvalue weighted by atomic mass is 10.2. The van der Waals surface area contributed by atoms with Gasteiger partial charge < -0.3 is 16.2 Å². The molecular formula is C14H23ClN4O4S. The van der Waals surface area contributed by atoms with Gasteiger partial charge in [-0.3, -0.25) is 9.79 Å². The molecule has 1 aromatic rings. The van der Waals surface area contributed by atoms with Crippen LogP contribution in [0, 0.1) is 6.92 Å². The van der Waals surface area contributed by atoms with Gasteiger partial charge in [0.2, 0.25) is 10.0 Å². The molecule has 0 radical (unpaired) electrons. The number of halogens is 1. The molecule has 0 amide bonds. The van der Waals surface area contributed by atoms with Gasteiger partial charge in [-0.1, -0.05) is 17.7 Å². The Bertz CT molecular complexity index is 658. The number of nitrogens with one attached hydrogen (secondary N) is 1. The van der Waals surface area contributed by atoms with Crippen LogP contribution in [-0.2, 0) is 19.6 Å². The van der Waals surface area contributed by atoms with Gasteiger partial charge in [0, 0.05) is 6.54 Å². The number of ether oxygens (including phenoxy) is 1. The predicted octanol–water partition coefficient (Wildman–Crippen LogP) is 0.290.